The molecule has 2 aromatic rings. The number of halogens is 5. The van der Waals surface area contributed by atoms with Crippen molar-refractivity contribution in [3.8, 4) is 0 Å². The predicted molar refractivity (Wildman–Crippen MR) is 81.8 cm³/mol. The van der Waals surface area contributed by atoms with Crippen molar-refractivity contribution in [3.05, 3.63) is 64.4 Å². The third-order valence-corrected chi connectivity index (χ3v) is 3.30. The van der Waals surface area contributed by atoms with Crippen LogP contribution in [-0.2, 0) is 15.7 Å². The Morgan fingerprint density at radius 1 is 1.12 bits per heavy atom. The van der Waals surface area contributed by atoms with Crippen LogP contribution in [0.25, 0.3) is 0 Å². The third-order valence-electron chi connectivity index (χ3n) is 2.99. The zero-order valence-corrected chi connectivity index (χ0v) is 13.1. The highest BCUT2D eigenvalue weighted by Gasteiger charge is 2.33. The van der Waals surface area contributed by atoms with Crippen LogP contribution < -0.4 is 5.32 Å². The number of alkyl halides is 3. The van der Waals surface area contributed by atoms with Crippen molar-refractivity contribution >= 4 is 29.2 Å². The fourth-order valence-corrected chi connectivity index (χ4v) is 2.13. The zero-order valence-electron chi connectivity index (χ0n) is 12.4. The highest BCUT2D eigenvalue weighted by Crippen LogP contribution is 2.34. The summed E-state index contributed by atoms with van der Waals surface area (Å²) in [6.45, 7) is -0.835. The summed E-state index contributed by atoms with van der Waals surface area (Å²) in [5.41, 5.74) is -1.67. The van der Waals surface area contributed by atoms with E-state index in [9.17, 15) is 27.2 Å². The van der Waals surface area contributed by atoms with E-state index in [1.54, 1.807) is 0 Å². The molecule has 0 saturated heterocycles. The first-order valence-corrected chi connectivity index (χ1v) is 7.14. The number of hydrogen-bond donors (Lipinski definition) is 1. The van der Waals surface area contributed by atoms with Gasteiger partial charge in [-0.25, -0.2) is 9.18 Å². The summed E-state index contributed by atoms with van der Waals surface area (Å²) in [5.74, 6) is -2.64. The number of anilines is 1. The summed E-state index contributed by atoms with van der Waals surface area (Å²) in [6, 6.07) is 7.29. The first-order valence-electron chi connectivity index (χ1n) is 6.76. The molecule has 9 heteroatoms. The largest absolute Gasteiger partial charge is 0.452 e. The van der Waals surface area contributed by atoms with Gasteiger partial charge in [0, 0.05) is 0 Å². The summed E-state index contributed by atoms with van der Waals surface area (Å²) in [7, 11) is 0. The van der Waals surface area contributed by atoms with Crippen molar-refractivity contribution in [2.75, 3.05) is 11.9 Å². The maximum Gasteiger partial charge on any atom is 0.418 e. The maximum atomic E-state index is 12.9. The van der Waals surface area contributed by atoms with E-state index >= 15 is 0 Å². The van der Waals surface area contributed by atoms with Crippen LogP contribution in [0.3, 0.4) is 0 Å². The average Bonchev–Trinajstić information content (AvgIpc) is 2.52. The van der Waals surface area contributed by atoms with Crippen molar-refractivity contribution in [2.45, 2.75) is 6.18 Å². The molecule has 0 aromatic heterocycles. The molecule has 0 aliphatic heterocycles. The number of ether oxygens (including phenoxy) is 1. The number of amides is 1. The Kier molecular flexibility index (Phi) is 5.63. The van der Waals surface area contributed by atoms with Crippen LogP contribution in [0.5, 0.6) is 0 Å². The Hall–Kier alpha value is -2.61. The smallest absolute Gasteiger partial charge is 0.418 e. The van der Waals surface area contributed by atoms with Crippen molar-refractivity contribution in [3.63, 3.8) is 0 Å². The van der Waals surface area contributed by atoms with Gasteiger partial charge in [-0.05, 0) is 30.3 Å². The lowest BCUT2D eigenvalue weighted by molar-refractivity contribution is -0.137. The molecular weight excluding hydrogens is 366 g/mol. The highest BCUT2D eigenvalue weighted by atomic mass is 35.5. The molecule has 0 aliphatic rings. The van der Waals surface area contributed by atoms with Gasteiger partial charge in [0.2, 0.25) is 0 Å². The average molecular weight is 376 g/mol. The second kappa shape index (κ2) is 7.52. The summed E-state index contributed by atoms with van der Waals surface area (Å²) in [6.07, 6.45) is -4.65. The summed E-state index contributed by atoms with van der Waals surface area (Å²) in [5, 5.41) is 1.80. The fourth-order valence-electron chi connectivity index (χ4n) is 1.89. The minimum atomic E-state index is -4.65. The Morgan fingerprint density at radius 2 is 1.80 bits per heavy atom. The van der Waals surface area contributed by atoms with E-state index in [1.807, 2.05) is 5.32 Å². The van der Waals surface area contributed by atoms with E-state index in [4.69, 9.17) is 11.6 Å². The van der Waals surface area contributed by atoms with Gasteiger partial charge in [-0.3, -0.25) is 4.79 Å². The Morgan fingerprint density at radius 3 is 2.44 bits per heavy atom. The number of hydrogen-bond acceptors (Lipinski definition) is 3. The van der Waals surface area contributed by atoms with Crippen LogP contribution in [-0.4, -0.2) is 18.5 Å². The molecule has 0 radical (unpaired) electrons. The number of carbonyl (C=O) groups is 2. The Balaban J connectivity index is 2.01. The molecule has 0 saturated carbocycles. The monoisotopic (exact) mass is 375 g/mol. The zero-order chi connectivity index (χ0) is 18.6. The van der Waals surface area contributed by atoms with E-state index in [-0.39, 0.29) is 10.6 Å². The summed E-state index contributed by atoms with van der Waals surface area (Å²) >= 11 is 5.67. The number of para-hydroxylation sites is 1. The molecule has 1 N–H and O–H groups in total. The van der Waals surface area contributed by atoms with Gasteiger partial charge < -0.3 is 10.1 Å². The van der Waals surface area contributed by atoms with Crippen LogP contribution in [0.15, 0.2) is 42.5 Å². The van der Waals surface area contributed by atoms with Gasteiger partial charge in [-0.15, -0.1) is 0 Å². The third kappa shape index (κ3) is 4.93. The minimum absolute atomic E-state index is 0.174. The number of benzene rings is 2. The molecule has 132 valence electrons. The number of rotatable bonds is 4. The van der Waals surface area contributed by atoms with Gasteiger partial charge >= 0.3 is 12.1 Å². The van der Waals surface area contributed by atoms with Crippen LogP contribution in [0.4, 0.5) is 23.2 Å². The molecule has 0 unspecified atom stereocenters. The summed E-state index contributed by atoms with van der Waals surface area (Å²) < 4.78 is 56.1. The second-order valence-electron chi connectivity index (χ2n) is 4.79. The van der Waals surface area contributed by atoms with E-state index in [2.05, 4.69) is 4.74 Å². The van der Waals surface area contributed by atoms with E-state index in [0.717, 1.165) is 30.3 Å². The van der Waals surface area contributed by atoms with E-state index in [0.29, 0.717) is 0 Å². The van der Waals surface area contributed by atoms with Crippen molar-refractivity contribution in [1.29, 1.82) is 0 Å². The van der Waals surface area contributed by atoms with Gasteiger partial charge in [0.05, 0.1) is 21.8 Å². The van der Waals surface area contributed by atoms with Crippen LogP contribution >= 0.6 is 11.6 Å². The molecule has 0 atom stereocenters. The molecule has 4 nitrogen and oxygen atoms in total. The van der Waals surface area contributed by atoms with Gasteiger partial charge in [0.15, 0.2) is 6.61 Å². The molecule has 25 heavy (non-hydrogen) atoms. The molecule has 0 heterocycles. The normalized spacial score (nSPS) is 11.1. The topological polar surface area (TPSA) is 55.4 Å². The molecule has 0 fully saturated rings. The molecular formula is C16H10ClF4NO3. The number of carbonyl (C=O) groups excluding carboxylic acids is 2. The van der Waals surface area contributed by atoms with Gasteiger partial charge in [0.25, 0.3) is 5.91 Å². The Labute approximate surface area is 144 Å². The van der Waals surface area contributed by atoms with Gasteiger partial charge in [-0.1, -0.05) is 23.7 Å². The first-order chi connectivity index (χ1) is 11.7. The standard InChI is InChI=1S/C16H10ClF4NO3/c17-12-7-9(18)5-6-10(12)15(24)25-8-14(23)22-13-4-2-1-3-11(13)16(19,20)21/h1-7H,8H2,(H,22,23). The SMILES string of the molecule is O=C(COC(=O)c1ccc(F)cc1Cl)Nc1ccccc1C(F)(F)F. The minimum Gasteiger partial charge on any atom is -0.452 e. The molecule has 1 amide bonds. The van der Waals surface area contributed by atoms with Crippen LogP contribution in [0.1, 0.15) is 15.9 Å². The lowest BCUT2D eigenvalue weighted by Gasteiger charge is -2.13. The van der Waals surface area contributed by atoms with Gasteiger partial charge in [-0.2, -0.15) is 13.2 Å². The predicted octanol–water partition coefficient (Wildman–Crippen LogP) is 4.29. The van der Waals surface area contributed by atoms with Gasteiger partial charge in [0.1, 0.15) is 5.82 Å². The number of esters is 1. The lowest BCUT2D eigenvalue weighted by atomic mass is 10.1. The van der Waals surface area contributed by atoms with Crippen molar-refractivity contribution < 1.29 is 31.9 Å². The van der Waals surface area contributed by atoms with Crippen LogP contribution in [0.2, 0.25) is 5.02 Å². The van der Waals surface area contributed by atoms with Crippen molar-refractivity contribution in [2.24, 2.45) is 0 Å². The number of nitrogens with one attached hydrogen (secondary N) is 1. The first kappa shape index (κ1) is 18.7. The molecule has 2 rings (SSSR count). The molecule has 0 aliphatic carbocycles. The highest BCUT2D eigenvalue weighted by molar-refractivity contribution is 6.33. The van der Waals surface area contributed by atoms with E-state index < -0.39 is 41.7 Å². The second-order valence-corrected chi connectivity index (χ2v) is 5.20. The lowest BCUT2D eigenvalue weighted by Crippen LogP contribution is -2.22. The maximum absolute atomic E-state index is 12.9. The molecule has 0 bridgehead atoms. The van der Waals surface area contributed by atoms with Crippen molar-refractivity contribution in [1.82, 2.24) is 0 Å². The molecule has 0 spiro atoms. The van der Waals surface area contributed by atoms with E-state index in [1.165, 1.54) is 12.1 Å². The van der Waals surface area contributed by atoms with Crippen LogP contribution in [0, 0.1) is 5.82 Å². The summed E-state index contributed by atoms with van der Waals surface area (Å²) in [4.78, 5) is 23.5. The fraction of sp³-hybridized carbons (Fsp3) is 0.125. The quantitative estimate of drug-likeness (QED) is 0.640. The Bertz CT molecular complexity index is 808. The molecule has 2 aromatic carbocycles.